The zero-order valence-electron chi connectivity index (χ0n) is 17.2. The second kappa shape index (κ2) is 7.17. The molecule has 4 aromatic heterocycles. The third-order valence-electron chi connectivity index (χ3n) is 5.98. The summed E-state index contributed by atoms with van der Waals surface area (Å²) in [6.45, 7) is 4.12. The lowest BCUT2D eigenvalue weighted by atomic mass is 10.1. The van der Waals surface area contributed by atoms with Crippen molar-refractivity contribution in [2.24, 2.45) is 0 Å². The van der Waals surface area contributed by atoms with Gasteiger partial charge < -0.3 is 14.8 Å². The number of aromatic nitrogens is 6. The van der Waals surface area contributed by atoms with E-state index in [0.29, 0.717) is 0 Å². The first kappa shape index (κ1) is 18.0. The van der Waals surface area contributed by atoms with Crippen LogP contribution in [-0.4, -0.2) is 68.3 Å². The van der Waals surface area contributed by atoms with E-state index in [1.54, 1.807) is 12.4 Å². The van der Waals surface area contributed by atoms with E-state index in [1.165, 1.54) is 5.69 Å². The summed E-state index contributed by atoms with van der Waals surface area (Å²) >= 11 is 0. The van der Waals surface area contributed by atoms with Gasteiger partial charge in [0.15, 0.2) is 5.82 Å². The Morgan fingerprint density at radius 3 is 2.65 bits per heavy atom. The third kappa shape index (κ3) is 3.12. The van der Waals surface area contributed by atoms with E-state index in [2.05, 4.69) is 66.3 Å². The topological polar surface area (TPSA) is 89.6 Å². The zero-order valence-corrected chi connectivity index (χ0v) is 17.2. The Morgan fingerprint density at radius 1 is 0.968 bits per heavy atom. The smallest absolute Gasteiger partial charge is 0.159 e. The molecule has 1 aliphatic rings. The SMILES string of the molecule is CN1CCN(c2cccc3[nH]c(-c4n[nH]c5cnc(-c6ccncc6)cc45)nc23)CC1. The molecular formula is C23H22N8. The molecule has 5 heterocycles. The highest BCUT2D eigenvalue weighted by Gasteiger charge is 2.20. The van der Waals surface area contributed by atoms with Crippen molar-refractivity contribution < 1.29 is 0 Å². The van der Waals surface area contributed by atoms with Crippen LogP contribution in [0.3, 0.4) is 0 Å². The van der Waals surface area contributed by atoms with Gasteiger partial charge in [-0.3, -0.25) is 15.1 Å². The third-order valence-corrected chi connectivity index (χ3v) is 5.98. The van der Waals surface area contributed by atoms with Gasteiger partial charge in [-0.15, -0.1) is 0 Å². The molecule has 0 amide bonds. The molecule has 6 rings (SSSR count). The number of nitrogens with zero attached hydrogens (tertiary/aromatic N) is 6. The van der Waals surface area contributed by atoms with Crippen molar-refractivity contribution in [1.29, 1.82) is 0 Å². The van der Waals surface area contributed by atoms with E-state index < -0.39 is 0 Å². The minimum absolute atomic E-state index is 0.759. The number of nitrogens with one attached hydrogen (secondary N) is 2. The van der Waals surface area contributed by atoms with Crippen LogP contribution in [-0.2, 0) is 0 Å². The first-order valence-electron chi connectivity index (χ1n) is 10.4. The van der Waals surface area contributed by atoms with Crippen molar-refractivity contribution in [2.75, 3.05) is 38.1 Å². The number of likely N-dealkylation sites (N-methyl/N-ethyl adjacent to an activating group) is 1. The number of anilines is 1. The van der Waals surface area contributed by atoms with Gasteiger partial charge in [0.1, 0.15) is 11.2 Å². The number of aromatic amines is 2. The van der Waals surface area contributed by atoms with Crippen molar-refractivity contribution >= 4 is 27.6 Å². The van der Waals surface area contributed by atoms with Crippen LogP contribution in [0.2, 0.25) is 0 Å². The fourth-order valence-electron chi connectivity index (χ4n) is 4.21. The first-order chi connectivity index (χ1) is 15.3. The van der Waals surface area contributed by atoms with Crippen LogP contribution >= 0.6 is 0 Å². The van der Waals surface area contributed by atoms with Crippen molar-refractivity contribution in [1.82, 2.24) is 35.0 Å². The monoisotopic (exact) mass is 410 g/mol. The maximum absolute atomic E-state index is 4.98. The average Bonchev–Trinajstić information content (AvgIpc) is 3.43. The van der Waals surface area contributed by atoms with Crippen molar-refractivity contribution in [3.05, 3.63) is 55.0 Å². The molecule has 1 aromatic carbocycles. The molecule has 0 saturated carbocycles. The van der Waals surface area contributed by atoms with Gasteiger partial charge in [-0.2, -0.15) is 5.10 Å². The molecule has 1 aliphatic heterocycles. The highest BCUT2D eigenvalue weighted by molar-refractivity contribution is 5.96. The lowest BCUT2D eigenvalue weighted by molar-refractivity contribution is 0.313. The Balaban J connectivity index is 1.44. The van der Waals surface area contributed by atoms with E-state index >= 15 is 0 Å². The van der Waals surface area contributed by atoms with Crippen LogP contribution in [0.15, 0.2) is 55.0 Å². The summed E-state index contributed by atoms with van der Waals surface area (Å²) in [7, 11) is 2.17. The fourth-order valence-corrected chi connectivity index (χ4v) is 4.21. The van der Waals surface area contributed by atoms with Gasteiger partial charge >= 0.3 is 0 Å². The van der Waals surface area contributed by atoms with Gasteiger partial charge in [0.25, 0.3) is 0 Å². The molecule has 5 aromatic rings. The van der Waals surface area contributed by atoms with Gasteiger partial charge in [0, 0.05) is 49.5 Å². The summed E-state index contributed by atoms with van der Waals surface area (Å²) in [5.74, 6) is 0.759. The minimum Gasteiger partial charge on any atom is -0.367 e. The van der Waals surface area contributed by atoms with Crippen molar-refractivity contribution in [2.45, 2.75) is 0 Å². The summed E-state index contributed by atoms with van der Waals surface area (Å²) in [5, 5.41) is 8.64. The molecule has 0 unspecified atom stereocenters. The van der Waals surface area contributed by atoms with Crippen LogP contribution in [0.4, 0.5) is 5.69 Å². The molecule has 0 aliphatic carbocycles. The van der Waals surface area contributed by atoms with Gasteiger partial charge in [-0.05, 0) is 37.4 Å². The van der Waals surface area contributed by atoms with E-state index in [1.807, 2.05) is 18.3 Å². The number of benzene rings is 1. The highest BCUT2D eigenvalue weighted by Crippen LogP contribution is 2.32. The molecule has 154 valence electrons. The molecular weight excluding hydrogens is 388 g/mol. The Bertz CT molecular complexity index is 1360. The van der Waals surface area contributed by atoms with Crippen LogP contribution < -0.4 is 4.90 Å². The summed E-state index contributed by atoms with van der Waals surface area (Å²) in [6, 6.07) is 12.3. The number of hydrogen-bond donors (Lipinski definition) is 2. The maximum Gasteiger partial charge on any atom is 0.159 e. The molecule has 0 bridgehead atoms. The Morgan fingerprint density at radius 2 is 1.81 bits per heavy atom. The predicted molar refractivity (Wildman–Crippen MR) is 122 cm³/mol. The first-order valence-corrected chi connectivity index (χ1v) is 10.4. The zero-order chi connectivity index (χ0) is 20.8. The Hall–Kier alpha value is -3.78. The van der Waals surface area contributed by atoms with E-state index in [4.69, 9.17) is 4.98 Å². The Kier molecular flexibility index (Phi) is 4.17. The summed E-state index contributed by atoms with van der Waals surface area (Å²) in [4.78, 5) is 21.9. The predicted octanol–water partition coefficient (Wildman–Crippen LogP) is 3.32. The standard InChI is InChI=1S/C23H22N8/c1-30-9-11-31(12-10-30)20-4-2-3-17-22(20)27-23(26-17)21-16-13-18(15-5-7-24-8-6-15)25-14-19(16)28-29-21/h2-8,13-14H,9-12H2,1H3,(H,26,27)(H,28,29). The van der Waals surface area contributed by atoms with Crippen molar-refractivity contribution in [3.8, 4) is 22.8 Å². The summed E-state index contributed by atoms with van der Waals surface area (Å²) in [5.41, 5.74) is 6.76. The fraction of sp³-hybridized carbons (Fsp3) is 0.217. The molecule has 31 heavy (non-hydrogen) atoms. The van der Waals surface area contributed by atoms with E-state index in [-0.39, 0.29) is 0 Å². The second-order valence-corrected chi connectivity index (χ2v) is 7.97. The van der Waals surface area contributed by atoms with Crippen LogP contribution in [0.1, 0.15) is 0 Å². The van der Waals surface area contributed by atoms with E-state index in [0.717, 1.165) is 70.9 Å². The molecule has 0 radical (unpaired) electrons. The number of H-pyrrole nitrogens is 2. The lowest BCUT2D eigenvalue weighted by Gasteiger charge is -2.34. The molecule has 8 nitrogen and oxygen atoms in total. The quantitative estimate of drug-likeness (QED) is 0.474. The molecule has 1 fully saturated rings. The largest absolute Gasteiger partial charge is 0.367 e. The van der Waals surface area contributed by atoms with Crippen molar-refractivity contribution in [3.63, 3.8) is 0 Å². The number of pyridine rings is 2. The highest BCUT2D eigenvalue weighted by atomic mass is 15.3. The number of fused-ring (bicyclic) bond motifs is 2. The van der Waals surface area contributed by atoms with Gasteiger partial charge in [0.05, 0.1) is 28.6 Å². The number of hydrogen-bond acceptors (Lipinski definition) is 6. The van der Waals surface area contributed by atoms with Crippen LogP contribution in [0, 0.1) is 0 Å². The van der Waals surface area contributed by atoms with Gasteiger partial charge in [-0.25, -0.2) is 4.98 Å². The van der Waals surface area contributed by atoms with E-state index in [9.17, 15) is 0 Å². The minimum atomic E-state index is 0.759. The molecule has 8 heteroatoms. The number of imidazole rings is 1. The van der Waals surface area contributed by atoms with Crippen LogP contribution in [0.5, 0.6) is 0 Å². The van der Waals surface area contributed by atoms with Crippen LogP contribution in [0.25, 0.3) is 44.7 Å². The normalized spacial score (nSPS) is 15.2. The number of para-hydroxylation sites is 1. The summed E-state index contributed by atoms with van der Waals surface area (Å²) in [6.07, 6.45) is 5.37. The number of piperazine rings is 1. The average molecular weight is 410 g/mol. The number of rotatable bonds is 3. The molecule has 2 N–H and O–H groups in total. The lowest BCUT2D eigenvalue weighted by Crippen LogP contribution is -2.44. The molecule has 0 spiro atoms. The van der Waals surface area contributed by atoms with Gasteiger partial charge in [0.2, 0.25) is 0 Å². The van der Waals surface area contributed by atoms with Gasteiger partial charge in [-0.1, -0.05) is 6.07 Å². The summed E-state index contributed by atoms with van der Waals surface area (Å²) < 4.78 is 0. The molecule has 1 saturated heterocycles. The maximum atomic E-state index is 4.98. The second-order valence-electron chi connectivity index (χ2n) is 7.97. The molecule has 0 atom stereocenters. The Labute approximate surface area is 179 Å².